The summed E-state index contributed by atoms with van der Waals surface area (Å²) in [7, 11) is -5.38. The van der Waals surface area contributed by atoms with E-state index in [1.807, 2.05) is 36.4 Å². The topological polar surface area (TPSA) is 79.9 Å². The maximum absolute atomic E-state index is 12.7. The Morgan fingerprint density at radius 2 is 1.67 bits per heavy atom. The summed E-state index contributed by atoms with van der Waals surface area (Å²) in [6.07, 6.45) is 3.24. The summed E-state index contributed by atoms with van der Waals surface area (Å²) in [6.45, 7) is 1.52. The van der Waals surface area contributed by atoms with Crippen molar-refractivity contribution in [2.24, 2.45) is 0 Å². The second-order valence-electron chi connectivity index (χ2n) is 7.31. The average molecular weight is 470 g/mol. The molecule has 0 unspecified atom stereocenters. The summed E-state index contributed by atoms with van der Waals surface area (Å²) < 4.78 is 60.9. The molecule has 1 N–H and O–H groups in total. The van der Waals surface area contributed by atoms with Crippen LogP contribution in [0.15, 0.2) is 71.6 Å². The minimum absolute atomic E-state index is 0.0343. The molecular weight excluding hydrogens is 453 g/mol. The van der Waals surface area contributed by atoms with Crippen molar-refractivity contribution in [2.45, 2.75) is 17.3 Å². The molecule has 0 aliphatic heterocycles. The van der Waals surface area contributed by atoms with Crippen molar-refractivity contribution in [3.63, 3.8) is 0 Å². The van der Waals surface area contributed by atoms with Crippen molar-refractivity contribution in [3.05, 3.63) is 83.7 Å². The third kappa shape index (κ3) is 4.45. The van der Waals surface area contributed by atoms with Crippen LogP contribution in [0.3, 0.4) is 0 Å². The van der Waals surface area contributed by atoms with Gasteiger partial charge in [-0.2, -0.15) is 13.2 Å². The zero-order valence-corrected chi connectivity index (χ0v) is 18.0. The van der Waals surface area contributed by atoms with Gasteiger partial charge >= 0.3 is 5.51 Å². The molecule has 4 rings (SSSR count). The average Bonchev–Trinajstić information content (AvgIpc) is 3.19. The Hall–Kier alpha value is -3.72. The van der Waals surface area contributed by atoms with Crippen molar-refractivity contribution in [2.75, 3.05) is 0 Å². The first-order chi connectivity index (χ1) is 15.6. The summed E-state index contributed by atoms with van der Waals surface area (Å²) in [4.78, 5) is 18.7. The van der Waals surface area contributed by atoms with E-state index in [9.17, 15) is 26.4 Å². The number of hydrogen-bond acceptors (Lipinski definition) is 4. The van der Waals surface area contributed by atoms with Crippen LogP contribution in [0.2, 0.25) is 0 Å². The van der Waals surface area contributed by atoms with Gasteiger partial charge in [-0.15, -0.1) is 0 Å². The molecule has 0 amide bonds. The number of hydrogen-bond donors (Lipinski definition) is 1. The molecule has 0 fully saturated rings. The molecule has 0 saturated heterocycles. The Labute approximate surface area is 187 Å². The zero-order chi connectivity index (χ0) is 23.8. The van der Waals surface area contributed by atoms with Crippen LogP contribution >= 0.6 is 0 Å². The summed E-state index contributed by atoms with van der Waals surface area (Å²) in [5.41, 5.74) is -1.11. The first kappa shape index (κ1) is 22.5. The third-order valence-electron chi connectivity index (χ3n) is 5.05. The summed E-state index contributed by atoms with van der Waals surface area (Å²) in [6, 6.07) is 17.3. The Bertz CT molecular complexity index is 1490. The molecule has 0 saturated carbocycles. The Kier molecular flexibility index (Phi) is 5.67. The van der Waals surface area contributed by atoms with E-state index in [4.69, 9.17) is 0 Å². The number of nitrogens with one attached hydrogen (secondary N) is 1. The molecule has 0 aliphatic rings. The molecule has 0 bridgehead atoms. The predicted molar refractivity (Wildman–Crippen MR) is 120 cm³/mol. The van der Waals surface area contributed by atoms with E-state index in [-0.39, 0.29) is 5.78 Å². The number of fused-ring (bicyclic) bond motifs is 1. The minimum atomic E-state index is -5.38. The normalized spacial score (nSPS) is 12.5. The largest absolute Gasteiger partial charge is 0.501 e. The predicted octanol–water partition coefficient (Wildman–Crippen LogP) is 5.90. The lowest BCUT2D eigenvalue weighted by Crippen LogP contribution is -2.23. The van der Waals surface area contributed by atoms with E-state index in [0.717, 1.165) is 28.8 Å². The third-order valence-corrected chi connectivity index (χ3v) is 6.55. The second-order valence-corrected chi connectivity index (χ2v) is 9.25. The van der Waals surface area contributed by atoms with Gasteiger partial charge in [-0.25, -0.2) is 13.4 Å². The number of imidazole rings is 1. The van der Waals surface area contributed by atoms with Crippen molar-refractivity contribution in [3.8, 4) is 11.1 Å². The summed E-state index contributed by atoms with van der Waals surface area (Å²) in [5, 5.41) is 0. The molecule has 0 aliphatic carbocycles. The van der Waals surface area contributed by atoms with Gasteiger partial charge in [-0.1, -0.05) is 48.5 Å². The van der Waals surface area contributed by atoms with Crippen LogP contribution in [-0.4, -0.2) is 29.7 Å². The highest BCUT2D eigenvalue weighted by Gasteiger charge is 2.46. The number of carbonyl (C=O) groups excluding carboxylic acids is 1. The van der Waals surface area contributed by atoms with Crippen molar-refractivity contribution in [1.82, 2.24) is 9.97 Å². The summed E-state index contributed by atoms with van der Waals surface area (Å²) in [5.74, 6) is 0.474. The standard InChI is InChI=1S/C24H17F3N2O3S/c1-15(30)19-4-2-3-5-20(19)17-9-12-21-22(14-17)29-23(28-21)13-8-16-6-10-18(11-7-16)33(31,32)24(25,26)27/h2-14H,1H3,(H,28,29). The van der Waals surface area contributed by atoms with E-state index in [2.05, 4.69) is 9.97 Å². The first-order valence-electron chi connectivity index (χ1n) is 9.76. The molecule has 0 atom stereocenters. The number of alkyl halides is 3. The number of aromatic amines is 1. The van der Waals surface area contributed by atoms with E-state index < -0.39 is 20.2 Å². The molecule has 9 heteroatoms. The van der Waals surface area contributed by atoms with Crippen molar-refractivity contribution >= 4 is 38.8 Å². The van der Waals surface area contributed by atoms with Crippen LogP contribution in [0.1, 0.15) is 28.7 Å². The molecule has 33 heavy (non-hydrogen) atoms. The number of H-pyrrole nitrogens is 1. The molecule has 1 aromatic heterocycles. The molecule has 0 radical (unpaired) electrons. The summed E-state index contributed by atoms with van der Waals surface area (Å²) >= 11 is 0. The fourth-order valence-electron chi connectivity index (χ4n) is 3.38. The molecule has 0 spiro atoms. The van der Waals surface area contributed by atoms with Gasteiger partial charge in [-0.05, 0) is 54.0 Å². The van der Waals surface area contributed by atoms with E-state index in [0.29, 0.717) is 22.5 Å². The number of aromatic nitrogens is 2. The van der Waals surface area contributed by atoms with Crippen molar-refractivity contribution < 1.29 is 26.4 Å². The number of ketones is 1. The zero-order valence-electron chi connectivity index (χ0n) is 17.2. The van der Waals surface area contributed by atoms with Crippen LogP contribution in [-0.2, 0) is 9.84 Å². The minimum Gasteiger partial charge on any atom is -0.338 e. The highest BCUT2D eigenvalue weighted by Crippen LogP contribution is 2.30. The van der Waals surface area contributed by atoms with E-state index in [1.165, 1.54) is 19.1 Å². The Balaban J connectivity index is 1.60. The van der Waals surface area contributed by atoms with Crippen LogP contribution in [0.25, 0.3) is 34.3 Å². The highest BCUT2D eigenvalue weighted by molar-refractivity contribution is 7.92. The fourth-order valence-corrected chi connectivity index (χ4v) is 4.15. The number of benzene rings is 3. The molecule has 168 valence electrons. The molecule has 3 aromatic carbocycles. The monoisotopic (exact) mass is 470 g/mol. The van der Waals surface area contributed by atoms with Gasteiger partial charge < -0.3 is 4.98 Å². The van der Waals surface area contributed by atoms with Gasteiger partial charge in [0.25, 0.3) is 9.84 Å². The van der Waals surface area contributed by atoms with Gasteiger partial charge in [0.15, 0.2) is 5.78 Å². The van der Waals surface area contributed by atoms with Gasteiger partial charge in [0.05, 0.1) is 15.9 Å². The van der Waals surface area contributed by atoms with Gasteiger partial charge in [-0.3, -0.25) is 4.79 Å². The number of carbonyl (C=O) groups is 1. The number of rotatable bonds is 5. The SMILES string of the molecule is CC(=O)c1ccccc1-c1ccc2nc(C=Cc3ccc(S(=O)(=O)C(F)(F)F)cc3)[nH]c2c1. The van der Waals surface area contributed by atoms with Crippen LogP contribution in [0.4, 0.5) is 13.2 Å². The number of Topliss-reactive ketones (excluding diaryl/α,β-unsaturated/α-hetero) is 1. The quantitative estimate of drug-likeness (QED) is 0.369. The van der Waals surface area contributed by atoms with Gasteiger partial charge in [0, 0.05) is 5.56 Å². The first-order valence-corrected chi connectivity index (χ1v) is 11.2. The fraction of sp³-hybridized carbons (Fsp3) is 0.0833. The second kappa shape index (κ2) is 8.32. The number of sulfone groups is 1. The lowest BCUT2D eigenvalue weighted by Gasteiger charge is -2.07. The lowest BCUT2D eigenvalue weighted by molar-refractivity contribution is -0.0436. The maximum atomic E-state index is 12.7. The molecular formula is C24H17F3N2O3S. The van der Waals surface area contributed by atoms with Crippen LogP contribution in [0.5, 0.6) is 0 Å². The Morgan fingerprint density at radius 1 is 0.970 bits per heavy atom. The number of nitrogens with zero attached hydrogens (tertiary/aromatic N) is 1. The van der Waals surface area contributed by atoms with E-state index in [1.54, 1.807) is 18.2 Å². The van der Waals surface area contributed by atoms with Gasteiger partial charge in [0.1, 0.15) is 5.82 Å². The van der Waals surface area contributed by atoms with Gasteiger partial charge in [0.2, 0.25) is 0 Å². The lowest BCUT2D eigenvalue weighted by atomic mass is 9.97. The van der Waals surface area contributed by atoms with Crippen LogP contribution < -0.4 is 0 Å². The maximum Gasteiger partial charge on any atom is 0.501 e. The Morgan fingerprint density at radius 3 is 2.33 bits per heavy atom. The number of halogens is 3. The smallest absolute Gasteiger partial charge is 0.338 e. The molecule has 1 heterocycles. The highest BCUT2D eigenvalue weighted by atomic mass is 32.2. The van der Waals surface area contributed by atoms with E-state index >= 15 is 0 Å². The molecule has 5 nitrogen and oxygen atoms in total. The molecule has 4 aromatic rings. The van der Waals surface area contributed by atoms with Crippen molar-refractivity contribution in [1.29, 1.82) is 0 Å². The van der Waals surface area contributed by atoms with Crippen LogP contribution in [0, 0.1) is 0 Å².